The molecule has 29 heavy (non-hydrogen) atoms. The molecule has 4 rings (SSSR count). The molecule has 0 bridgehead atoms. The van der Waals surface area contributed by atoms with Crippen molar-refractivity contribution in [3.63, 3.8) is 0 Å². The van der Waals surface area contributed by atoms with E-state index in [1.54, 1.807) is 4.90 Å². The minimum absolute atomic E-state index is 0.0794. The zero-order valence-electron chi connectivity index (χ0n) is 17.4. The van der Waals surface area contributed by atoms with E-state index in [9.17, 15) is 9.59 Å². The van der Waals surface area contributed by atoms with Gasteiger partial charge in [0.2, 0.25) is 0 Å². The van der Waals surface area contributed by atoms with Crippen LogP contribution in [0, 0.1) is 0 Å². The van der Waals surface area contributed by atoms with Gasteiger partial charge in [0, 0.05) is 30.6 Å². The predicted molar refractivity (Wildman–Crippen MR) is 113 cm³/mol. The number of para-hydroxylation sites is 1. The Bertz CT molecular complexity index is 909. The van der Waals surface area contributed by atoms with Crippen LogP contribution in [0.25, 0.3) is 0 Å². The summed E-state index contributed by atoms with van der Waals surface area (Å²) < 4.78 is 5.65. The van der Waals surface area contributed by atoms with Gasteiger partial charge in [-0.1, -0.05) is 36.4 Å². The van der Waals surface area contributed by atoms with Crippen molar-refractivity contribution in [1.29, 1.82) is 0 Å². The highest BCUT2D eigenvalue weighted by Crippen LogP contribution is 2.47. The van der Waals surface area contributed by atoms with Crippen LogP contribution in [0.1, 0.15) is 49.5 Å². The van der Waals surface area contributed by atoms with Crippen molar-refractivity contribution in [3.8, 4) is 0 Å². The van der Waals surface area contributed by atoms with Crippen molar-refractivity contribution in [1.82, 2.24) is 4.90 Å². The van der Waals surface area contributed by atoms with Crippen LogP contribution in [0.15, 0.2) is 54.6 Å². The lowest BCUT2D eigenvalue weighted by molar-refractivity contribution is 0.0558. The molecule has 0 unspecified atom stereocenters. The van der Waals surface area contributed by atoms with Gasteiger partial charge in [-0.25, -0.2) is 4.79 Å². The number of amides is 2. The fourth-order valence-electron chi connectivity index (χ4n) is 4.44. The molecule has 0 saturated carbocycles. The molecule has 5 heteroatoms. The van der Waals surface area contributed by atoms with Gasteiger partial charge in [0.05, 0.1) is 5.69 Å². The molecule has 0 aliphatic carbocycles. The Balaban J connectivity index is 1.54. The third-order valence-electron chi connectivity index (χ3n) is 5.87. The molecule has 5 nitrogen and oxygen atoms in total. The zero-order chi connectivity index (χ0) is 20.6. The fourth-order valence-corrected chi connectivity index (χ4v) is 4.44. The lowest BCUT2D eigenvalue weighted by Gasteiger charge is -2.40. The van der Waals surface area contributed by atoms with E-state index in [0.29, 0.717) is 19.6 Å². The van der Waals surface area contributed by atoms with Crippen molar-refractivity contribution in [2.45, 2.75) is 44.6 Å². The number of hydrogen-bond acceptors (Lipinski definition) is 3. The molecule has 2 heterocycles. The van der Waals surface area contributed by atoms with Gasteiger partial charge in [0.25, 0.3) is 5.91 Å². The van der Waals surface area contributed by atoms with Crippen LogP contribution in [-0.4, -0.2) is 42.1 Å². The summed E-state index contributed by atoms with van der Waals surface area (Å²) in [6, 6.07) is 17.5. The number of piperidine rings is 1. The molecular weight excluding hydrogens is 364 g/mol. The standard InChI is InChI=1S/C24H28N2O3/c1-23(2,3)29-22(28)26-17-24(19-11-7-8-12-20(19)26)13-15-25(16-14-24)21(27)18-9-5-4-6-10-18/h4-12H,13-17H2,1-3H3. The largest absolute Gasteiger partial charge is 0.443 e. The van der Waals surface area contributed by atoms with Crippen molar-refractivity contribution in [2.24, 2.45) is 0 Å². The number of nitrogens with zero attached hydrogens (tertiary/aromatic N) is 2. The molecule has 1 fully saturated rings. The van der Waals surface area contributed by atoms with E-state index in [0.717, 1.165) is 24.1 Å². The summed E-state index contributed by atoms with van der Waals surface area (Å²) in [7, 11) is 0. The van der Waals surface area contributed by atoms with Crippen LogP contribution < -0.4 is 4.90 Å². The summed E-state index contributed by atoms with van der Waals surface area (Å²) in [5, 5.41) is 0. The maximum Gasteiger partial charge on any atom is 0.414 e. The Morgan fingerprint density at radius 1 is 0.931 bits per heavy atom. The first kappa shape index (κ1) is 19.5. The van der Waals surface area contributed by atoms with E-state index in [-0.39, 0.29) is 17.4 Å². The van der Waals surface area contributed by atoms with Gasteiger partial charge < -0.3 is 9.64 Å². The SMILES string of the molecule is CC(C)(C)OC(=O)N1CC2(CCN(C(=O)c3ccccc3)CC2)c2ccccc21. The summed E-state index contributed by atoms with van der Waals surface area (Å²) in [6.07, 6.45) is 1.37. The monoisotopic (exact) mass is 392 g/mol. The van der Waals surface area contributed by atoms with Crippen molar-refractivity contribution in [2.75, 3.05) is 24.5 Å². The van der Waals surface area contributed by atoms with Gasteiger partial charge in [0.15, 0.2) is 0 Å². The first-order valence-corrected chi connectivity index (χ1v) is 10.2. The fraction of sp³-hybridized carbons (Fsp3) is 0.417. The van der Waals surface area contributed by atoms with Gasteiger partial charge in [-0.3, -0.25) is 9.69 Å². The normalized spacial score (nSPS) is 17.9. The molecule has 152 valence electrons. The third-order valence-corrected chi connectivity index (χ3v) is 5.87. The van der Waals surface area contributed by atoms with Gasteiger partial charge in [-0.05, 0) is 57.4 Å². The molecule has 2 aromatic carbocycles. The number of hydrogen-bond donors (Lipinski definition) is 0. The van der Waals surface area contributed by atoms with Crippen LogP contribution >= 0.6 is 0 Å². The number of anilines is 1. The summed E-state index contributed by atoms with van der Waals surface area (Å²) >= 11 is 0. The highest BCUT2D eigenvalue weighted by Gasteiger charge is 2.47. The van der Waals surface area contributed by atoms with Crippen molar-refractivity contribution < 1.29 is 14.3 Å². The zero-order valence-corrected chi connectivity index (χ0v) is 17.4. The maximum atomic E-state index is 12.8. The van der Waals surface area contributed by atoms with Gasteiger partial charge >= 0.3 is 6.09 Å². The van der Waals surface area contributed by atoms with Crippen LogP contribution in [0.2, 0.25) is 0 Å². The minimum atomic E-state index is -0.534. The summed E-state index contributed by atoms with van der Waals surface area (Å²) in [5.74, 6) is 0.0794. The molecule has 1 spiro atoms. The first-order chi connectivity index (χ1) is 13.8. The van der Waals surface area contributed by atoms with Crippen molar-refractivity contribution in [3.05, 3.63) is 65.7 Å². The molecule has 1 saturated heterocycles. The Labute approximate surface area is 172 Å². The molecule has 0 atom stereocenters. The third kappa shape index (κ3) is 3.74. The van der Waals surface area contributed by atoms with Crippen LogP contribution in [0.4, 0.5) is 10.5 Å². The summed E-state index contributed by atoms with van der Waals surface area (Å²) in [6.45, 7) is 7.63. The smallest absolute Gasteiger partial charge is 0.414 e. The van der Waals surface area contributed by atoms with Gasteiger partial charge in [0.1, 0.15) is 5.60 Å². The van der Waals surface area contributed by atoms with E-state index in [1.807, 2.05) is 74.2 Å². The molecule has 0 aromatic heterocycles. The lowest BCUT2D eigenvalue weighted by Crippen LogP contribution is -2.48. The number of ether oxygens (including phenoxy) is 1. The number of benzene rings is 2. The number of likely N-dealkylation sites (tertiary alicyclic amines) is 1. The number of carbonyl (C=O) groups is 2. The van der Waals surface area contributed by atoms with E-state index < -0.39 is 5.60 Å². The lowest BCUT2D eigenvalue weighted by atomic mass is 9.74. The Morgan fingerprint density at radius 3 is 2.21 bits per heavy atom. The average Bonchev–Trinajstić information content (AvgIpc) is 3.02. The summed E-state index contributed by atoms with van der Waals surface area (Å²) in [5.41, 5.74) is 2.20. The second-order valence-electron chi connectivity index (χ2n) is 9.02. The van der Waals surface area contributed by atoms with Crippen LogP contribution in [0.5, 0.6) is 0 Å². The quantitative estimate of drug-likeness (QED) is 0.712. The predicted octanol–water partition coefficient (Wildman–Crippen LogP) is 4.62. The van der Waals surface area contributed by atoms with E-state index in [1.165, 1.54) is 5.56 Å². The Morgan fingerprint density at radius 2 is 1.55 bits per heavy atom. The Hall–Kier alpha value is -2.82. The van der Waals surface area contributed by atoms with Crippen LogP contribution in [0.3, 0.4) is 0 Å². The van der Waals surface area contributed by atoms with E-state index in [4.69, 9.17) is 4.74 Å². The maximum absolute atomic E-state index is 12.8. The topological polar surface area (TPSA) is 49.9 Å². The molecule has 0 radical (unpaired) electrons. The molecular formula is C24H28N2O3. The van der Waals surface area contributed by atoms with E-state index in [2.05, 4.69) is 6.07 Å². The Kier molecular flexibility index (Phi) is 4.85. The van der Waals surface area contributed by atoms with Gasteiger partial charge in [-0.2, -0.15) is 0 Å². The highest BCUT2D eigenvalue weighted by molar-refractivity contribution is 5.94. The van der Waals surface area contributed by atoms with Crippen LogP contribution in [-0.2, 0) is 10.2 Å². The molecule has 0 N–H and O–H groups in total. The van der Waals surface area contributed by atoms with E-state index >= 15 is 0 Å². The minimum Gasteiger partial charge on any atom is -0.443 e. The summed E-state index contributed by atoms with van der Waals surface area (Å²) in [4.78, 5) is 29.4. The number of fused-ring (bicyclic) bond motifs is 2. The highest BCUT2D eigenvalue weighted by atomic mass is 16.6. The second-order valence-corrected chi connectivity index (χ2v) is 9.02. The average molecular weight is 392 g/mol. The number of carbonyl (C=O) groups excluding carboxylic acids is 2. The first-order valence-electron chi connectivity index (χ1n) is 10.2. The van der Waals surface area contributed by atoms with Gasteiger partial charge in [-0.15, -0.1) is 0 Å². The number of rotatable bonds is 1. The molecule has 2 aliphatic rings. The molecule has 2 aromatic rings. The molecule has 2 amide bonds. The van der Waals surface area contributed by atoms with Crippen molar-refractivity contribution >= 4 is 17.7 Å². The molecule has 2 aliphatic heterocycles. The second kappa shape index (κ2) is 7.21.